The highest BCUT2D eigenvalue weighted by Crippen LogP contribution is 2.33. The maximum absolute atomic E-state index is 14.1. The molecular formula is C21H33FN4O3S. The number of piperidine rings is 1. The lowest BCUT2D eigenvalue weighted by atomic mass is 9.92. The molecule has 2 fully saturated rings. The van der Waals surface area contributed by atoms with Crippen LogP contribution >= 0.6 is 0 Å². The summed E-state index contributed by atoms with van der Waals surface area (Å²) in [5.74, 6) is -0.430. The lowest BCUT2D eigenvalue weighted by Gasteiger charge is -2.41. The van der Waals surface area contributed by atoms with Crippen molar-refractivity contribution in [1.29, 1.82) is 0 Å². The Morgan fingerprint density at radius 1 is 1.10 bits per heavy atom. The van der Waals surface area contributed by atoms with Crippen LogP contribution in [0.4, 0.5) is 14.9 Å². The number of nitrogens with zero attached hydrogens (tertiary/aromatic N) is 1. The topological polar surface area (TPSA) is 90.5 Å². The van der Waals surface area contributed by atoms with Gasteiger partial charge in [0, 0.05) is 24.8 Å². The average molecular weight is 441 g/mol. The molecule has 2 saturated heterocycles. The normalized spacial score (nSPS) is 19.2. The lowest BCUT2D eigenvalue weighted by molar-refractivity contribution is 0.122. The highest BCUT2D eigenvalue weighted by atomic mass is 32.2. The monoisotopic (exact) mass is 440 g/mol. The molecule has 3 rings (SSSR count). The number of hydrogen-bond acceptors (Lipinski definition) is 5. The number of halogens is 1. The van der Waals surface area contributed by atoms with E-state index in [1.165, 1.54) is 12.1 Å². The standard InChI is InChI=1S/C21H33FN4O3S/c1-13(2)18-9-15(22)10-19(14(3)4)20(18)24-21(27)25-30(28,29)17-5-7-26(8-6-17)16-11-23-12-16/h9-10,13-14,16-17,23H,5-8,11-12H2,1-4H3,(H2,24,25,27). The summed E-state index contributed by atoms with van der Waals surface area (Å²) in [6.07, 6.45) is 1.01. The first-order valence-electron chi connectivity index (χ1n) is 10.7. The van der Waals surface area contributed by atoms with E-state index in [-0.39, 0.29) is 17.7 Å². The van der Waals surface area contributed by atoms with Gasteiger partial charge in [-0.05, 0) is 61.0 Å². The summed E-state index contributed by atoms with van der Waals surface area (Å²) < 4.78 is 41.8. The zero-order chi connectivity index (χ0) is 22.1. The number of benzene rings is 1. The molecule has 1 aromatic carbocycles. The van der Waals surface area contributed by atoms with Gasteiger partial charge in [-0.25, -0.2) is 22.3 Å². The predicted molar refractivity (Wildman–Crippen MR) is 117 cm³/mol. The van der Waals surface area contributed by atoms with Gasteiger partial charge in [-0.15, -0.1) is 0 Å². The molecule has 3 N–H and O–H groups in total. The van der Waals surface area contributed by atoms with Crippen molar-refractivity contribution < 1.29 is 17.6 Å². The van der Waals surface area contributed by atoms with E-state index in [0.29, 0.717) is 48.8 Å². The number of likely N-dealkylation sites (tertiary alicyclic amines) is 1. The SMILES string of the molecule is CC(C)c1cc(F)cc(C(C)C)c1NC(=O)NS(=O)(=O)C1CCN(C2CNC2)CC1. The van der Waals surface area contributed by atoms with Crippen molar-refractivity contribution in [2.45, 2.75) is 63.7 Å². The van der Waals surface area contributed by atoms with Crippen molar-refractivity contribution in [3.8, 4) is 0 Å². The van der Waals surface area contributed by atoms with E-state index in [0.717, 1.165) is 13.1 Å². The third-order valence-corrected chi connectivity index (χ3v) is 7.89. The second kappa shape index (κ2) is 9.20. The maximum atomic E-state index is 14.1. The molecule has 30 heavy (non-hydrogen) atoms. The number of nitrogens with one attached hydrogen (secondary N) is 3. The molecule has 2 aliphatic rings. The largest absolute Gasteiger partial charge is 0.332 e. The van der Waals surface area contributed by atoms with Crippen LogP contribution < -0.4 is 15.4 Å². The first kappa shape index (κ1) is 23.0. The van der Waals surface area contributed by atoms with Gasteiger partial charge >= 0.3 is 6.03 Å². The first-order valence-corrected chi connectivity index (χ1v) is 12.2. The van der Waals surface area contributed by atoms with Crippen LogP contribution in [0.2, 0.25) is 0 Å². The summed E-state index contributed by atoms with van der Waals surface area (Å²) in [5.41, 5.74) is 1.78. The highest BCUT2D eigenvalue weighted by Gasteiger charge is 2.35. The van der Waals surface area contributed by atoms with Crippen LogP contribution in [0, 0.1) is 5.82 Å². The maximum Gasteiger partial charge on any atom is 0.332 e. The smallest absolute Gasteiger partial charge is 0.314 e. The second-order valence-corrected chi connectivity index (χ2v) is 10.9. The molecule has 2 aliphatic heterocycles. The highest BCUT2D eigenvalue weighted by molar-refractivity contribution is 7.90. The van der Waals surface area contributed by atoms with Gasteiger partial charge in [0.2, 0.25) is 10.0 Å². The molecule has 7 nitrogen and oxygen atoms in total. The van der Waals surface area contributed by atoms with Crippen LogP contribution in [0.15, 0.2) is 12.1 Å². The van der Waals surface area contributed by atoms with Gasteiger partial charge in [-0.1, -0.05) is 27.7 Å². The fourth-order valence-corrected chi connectivity index (χ4v) is 5.45. The molecule has 2 amide bonds. The van der Waals surface area contributed by atoms with Gasteiger partial charge in [0.1, 0.15) is 5.82 Å². The van der Waals surface area contributed by atoms with Crippen LogP contribution in [0.1, 0.15) is 63.5 Å². The van der Waals surface area contributed by atoms with Crippen molar-refractivity contribution >= 4 is 21.7 Å². The molecule has 168 valence electrons. The van der Waals surface area contributed by atoms with Crippen LogP contribution in [0.25, 0.3) is 0 Å². The quantitative estimate of drug-likeness (QED) is 0.633. The van der Waals surface area contributed by atoms with Crippen molar-refractivity contribution in [1.82, 2.24) is 14.9 Å². The lowest BCUT2D eigenvalue weighted by Crippen LogP contribution is -2.59. The zero-order valence-corrected chi connectivity index (χ0v) is 19.0. The minimum Gasteiger partial charge on any atom is -0.314 e. The van der Waals surface area contributed by atoms with E-state index >= 15 is 0 Å². The van der Waals surface area contributed by atoms with Crippen molar-refractivity contribution in [2.75, 3.05) is 31.5 Å². The Balaban J connectivity index is 1.69. The number of rotatable bonds is 6. The Bertz CT molecular complexity index is 847. The Labute approximate surface area is 178 Å². The molecule has 0 bridgehead atoms. The van der Waals surface area contributed by atoms with E-state index < -0.39 is 21.3 Å². The van der Waals surface area contributed by atoms with E-state index in [1.807, 2.05) is 27.7 Å². The van der Waals surface area contributed by atoms with E-state index in [4.69, 9.17) is 0 Å². The molecular weight excluding hydrogens is 407 g/mol. The Hall–Kier alpha value is -1.71. The Kier molecular flexibility index (Phi) is 7.04. The minimum absolute atomic E-state index is 0.0320. The number of sulfonamides is 1. The van der Waals surface area contributed by atoms with Gasteiger partial charge in [0.15, 0.2) is 0 Å². The molecule has 0 radical (unpaired) electrons. The fourth-order valence-electron chi connectivity index (χ4n) is 4.14. The third kappa shape index (κ3) is 5.12. The molecule has 0 aliphatic carbocycles. The predicted octanol–water partition coefficient (Wildman–Crippen LogP) is 2.96. The summed E-state index contributed by atoms with van der Waals surface area (Å²) in [6.45, 7) is 11.0. The minimum atomic E-state index is -3.79. The van der Waals surface area contributed by atoms with Crippen molar-refractivity contribution in [3.63, 3.8) is 0 Å². The van der Waals surface area contributed by atoms with E-state index in [9.17, 15) is 17.6 Å². The van der Waals surface area contributed by atoms with Gasteiger partial charge in [-0.2, -0.15) is 0 Å². The second-order valence-electron chi connectivity index (χ2n) is 8.92. The Morgan fingerprint density at radius 3 is 2.07 bits per heavy atom. The summed E-state index contributed by atoms with van der Waals surface area (Å²) in [5, 5.41) is 5.34. The molecule has 0 spiro atoms. The van der Waals surface area contributed by atoms with Crippen LogP contribution in [-0.2, 0) is 10.0 Å². The molecule has 2 heterocycles. The van der Waals surface area contributed by atoms with Crippen LogP contribution in [0.3, 0.4) is 0 Å². The van der Waals surface area contributed by atoms with Gasteiger partial charge < -0.3 is 10.6 Å². The van der Waals surface area contributed by atoms with Crippen molar-refractivity contribution in [3.05, 3.63) is 29.1 Å². The van der Waals surface area contributed by atoms with Crippen molar-refractivity contribution in [2.24, 2.45) is 0 Å². The summed E-state index contributed by atoms with van der Waals surface area (Å²) >= 11 is 0. The molecule has 0 aromatic heterocycles. The van der Waals surface area contributed by atoms with E-state index in [2.05, 4.69) is 20.3 Å². The number of hydrogen-bond donors (Lipinski definition) is 3. The zero-order valence-electron chi connectivity index (χ0n) is 18.2. The van der Waals surface area contributed by atoms with Crippen LogP contribution in [-0.4, -0.2) is 56.8 Å². The van der Waals surface area contributed by atoms with Gasteiger partial charge in [0.05, 0.1) is 5.25 Å². The first-order chi connectivity index (χ1) is 14.1. The summed E-state index contributed by atoms with van der Waals surface area (Å²) in [6, 6.07) is 2.49. The average Bonchev–Trinajstić information content (AvgIpc) is 2.61. The van der Waals surface area contributed by atoms with Gasteiger partial charge in [-0.3, -0.25) is 4.90 Å². The van der Waals surface area contributed by atoms with Crippen LogP contribution in [0.5, 0.6) is 0 Å². The Morgan fingerprint density at radius 2 is 1.63 bits per heavy atom. The molecule has 9 heteroatoms. The number of anilines is 1. The molecule has 0 saturated carbocycles. The number of amides is 2. The number of urea groups is 1. The number of carbonyl (C=O) groups is 1. The molecule has 1 aromatic rings. The molecule has 0 atom stereocenters. The van der Waals surface area contributed by atoms with E-state index in [1.54, 1.807) is 0 Å². The van der Waals surface area contributed by atoms with Gasteiger partial charge in [0.25, 0.3) is 0 Å². The fraction of sp³-hybridized carbons (Fsp3) is 0.667. The summed E-state index contributed by atoms with van der Waals surface area (Å²) in [7, 11) is -3.79. The number of carbonyl (C=O) groups excluding carboxylic acids is 1. The molecule has 0 unspecified atom stereocenters. The summed E-state index contributed by atoms with van der Waals surface area (Å²) in [4.78, 5) is 14.9. The third-order valence-electron chi connectivity index (χ3n) is 6.07.